The van der Waals surface area contributed by atoms with Gasteiger partial charge in [-0.25, -0.2) is 0 Å². The average molecular weight is 945 g/mol. The van der Waals surface area contributed by atoms with Crippen LogP contribution in [-0.4, -0.2) is 79.8 Å². The van der Waals surface area contributed by atoms with Crippen molar-refractivity contribution < 1.29 is 23.6 Å². The van der Waals surface area contributed by atoms with Crippen molar-refractivity contribution in [2.75, 3.05) is 26.2 Å². The van der Waals surface area contributed by atoms with Gasteiger partial charge >= 0.3 is 0 Å². The van der Waals surface area contributed by atoms with Crippen LogP contribution in [0.15, 0.2) is 138 Å². The van der Waals surface area contributed by atoms with Crippen LogP contribution in [0.1, 0.15) is 119 Å². The van der Waals surface area contributed by atoms with Crippen LogP contribution >= 0.6 is 0 Å². The lowest BCUT2D eigenvalue weighted by Crippen LogP contribution is -2.42. The van der Waals surface area contributed by atoms with Crippen LogP contribution in [0.2, 0.25) is 0 Å². The first kappa shape index (κ1) is 48.6. The molecule has 0 spiro atoms. The molecule has 4 amide bonds. The van der Waals surface area contributed by atoms with Crippen LogP contribution in [0.4, 0.5) is 0 Å². The summed E-state index contributed by atoms with van der Waals surface area (Å²) in [6, 6.07) is 37.7. The summed E-state index contributed by atoms with van der Waals surface area (Å²) in [5.41, 5.74) is 14.7. The van der Waals surface area contributed by atoms with Gasteiger partial charge in [0.2, 0.25) is 17.7 Å². The summed E-state index contributed by atoms with van der Waals surface area (Å²) in [6.07, 6.45) is 10.4. The highest BCUT2D eigenvalue weighted by Crippen LogP contribution is 2.31. The van der Waals surface area contributed by atoms with E-state index in [-0.39, 0.29) is 24.1 Å². The standard InChI is InChI=1S/C28H27N5O3.C28H25N5O2/c1-19-2-5-24(16-25(19)17-26(34)31-32-27(35)23-8-12-30-13-9-23)28(36)33-14-10-22(11-15-33)21-6-3-20(18-29)4-7-21;1-19-2-5-24(16-25(19)17-26-31-32-27(35-26)23-8-12-30-13-9-23)28(34)33-14-10-22(11-15-33)21-6-3-20(18-29)4-7-21/h2-9,12-13,16,22H,10-11,14-15,17H2,1H3,(H,31,34)(H,32,35);2-9,12-13,16,22H,10-11,14-15,17H2,1H3. The summed E-state index contributed by atoms with van der Waals surface area (Å²) < 4.78 is 5.85. The number of carbonyl (C=O) groups is 4. The summed E-state index contributed by atoms with van der Waals surface area (Å²) in [6.45, 7) is 6.63. The van der Waals surface area contributed by atoms with Crippen molar-refractivity contribution in [2.45, 2.75) is 64.2 Å². The minimum absolute atomic E-state index is 0.0321. The molecule has 0 unspecified atom stereocenters. The largest absolute Gasteiger partial charge is 0.420 e. The van der Waals surface area contributed by atoms with Crippen LogP contribution in [0.25, 0.3) is 11.5 Å². The normalized spacial score (nSPS) is 13.7. The van der Waals surface area contributed by atoms with E-state index in [0.29, 0.717) is 84.0 Å². The molecule has 356 valence electrons. The van der Waals surface area contributed by atoms with Crippen molar-refractivity contribution >= 4 is 23.6 Å². The topological polar surface area (TPSA) is 211 Å². The van der Waals surface area contributed by atoms with Gasteiger partial charge in [-0.1, -0.05) is 36.4 Å². The number of hydrogen-bond donors (Lipinski definition) is 2. The Hall–Kier alpha value is -8.82. The molecule has 9 rings (SSSR count). The lowest BCUT2D eigenvalue weighted by Gasteiger charge is -2.32. The Balaban J connectivity index is 0.000000190. The maximum atomic E-state index is 13.3. The fourth-order valence-electron chi connectivity index (χ4n) is 8.86. The van der Waals surface area contributed by atoms with Gasteiger partial charge in [0.25, 0.3) is 17.7 Å². The van der Waals surface area contributed by atoms with Gasteiger partial charge in [-0.05, 0) is 158 Å². The molecule has 5 heterocycles. The first-order valence-corrected chi connectivity index (χ1v) is 23.5. The van der Waals surface area contributed by atoms with E-state index >= 15 is 0 Å². The van der Waals surface area contributed by atoms with Crippen molar-refractivity contribution in [3.63, 3.8) is 0 Å². The Kier molecular flexibility index (Phi) is 15.7. The van der Waals surface area contributed by atoms with E-state index in [1.165, 1.54) is 23.5 Å². The number of nitrogens with one attached hydrogen (secondary N) is 2. The van der Waals surface area contributed by atoms with Crippen molar-refractivity contribution in [1.82, 2.24) is 40.8 Å². The highest BCUT2D eigenvalue weighted by Gasteiger charge is 2.27. The van der Waals surface area contributed by atoms with Gasteiger partial charge in [0, 0.05) is 73.2 Å². The number of nitrogens with zero attached hydrogens (tertiary/aromatic N) is 8. The van der Waals surface area contributed by atoms with E-state index in [0.717, 1.165) is 53.5 Å². The number of rotatable bonds is 10. The van der Waals surface area contributed by atoms with E-state index in [2.05, 4.69) is 43.2 Å². The molecule has 0 atom stereocenters. The van der Waals surface area contributed by atoms with E-state index in [1.54, 1.807) is 36.7 Å². The molecule has 4 aromatic carbocycles. The molecule has 2 saturated heterocycles. The number of aryl methyl sites for hydroxylation is 2. The lowest BCUT2D eigenvalue weighted by atomic mass is 9.88. The number of benzene rings is 4. The molecular weight excluding hydrogens is 893 g/mol. The second-order valence-corrected chi connectivity index (χ2v) is 17.7. The molecule has 2 fully saturated rings. The smallest absolute Gasteiger partial charge is 0.269 e. The number of carbonyl (C=O) groups excluding carboxylic acids is 4. The number of nitriles is 2. The molecule has 0 bridgehead atoms. The molecule has 0 aliphatic carbocycles. The molecule has 2 aliphatic heterocycles. The van der Waals surface area contributed by atoms with Crippen LogP contribution < -0.4 is 10.9 Å². The van der Waals surface area contributed by atoms with Gasteiger partial charge in [-0.2, -0.15) is 10.5 Å². The van der Waals surface area contributed by atoms with Crippen molar-refractivity contribution in [2.24, 2.45) is 0 Å². The number of pyridine rings is 2. The molecule has 15 heteroatoms. The second kappa shape index (κ2) is 23.0. The quantitative estimate of drug-likeness (QED) is 0.125. The van der Waals surface area contributed by atoms with Crippen molar-refractivity contribution in [3.05, 3.63) is 201 Å². The first-order chi connectivity index (χ1) is 34.5. The van der Waals surface area contributed by atoms with Crippen molar-refractivity contribution in [3.8, 4) is 23.6 Å². The Morgan fingerprint density at radius 1 is 0.592 bits per heavy atom. The molecule has 3 aromatic heterocycles. The van der Waals surface area contributed by atoms with Gasteiger partial charge in [-0.15, -0.1) is 10.2 Å². The van der Waals surface area contributed by atoms with Gasteiger partial charge in [0.15, 0.2) is 0 Å². The third-order valence-electron chi connectivity index (χ3n) is 13.1. The predicted molar refractivity (Wildman–Crippen MR) is 264 cm³/mol. The van der Waals surface area contributed by atoms with Crippen LogP contribution in [0.3, 0.4) is 0 Å². The Morgan fingerprint density at radius 2 is 1.07 bits per heavy atom. The molecule has 7 aromatic rings. The zero-order chi connectivity index (χ0) is 49.7. The number of aromatic nitrogens is 4. The molecule has 2 N–H and O–H groups in total. The number of likely N-dealkylation sites (tertiary alicyclic amines) is 2. The fraction of sp³-hybridized carbons (Fsp3) is 0.250. The Bertz CT molecular complexity index is 3070. The number of hydrazine groups is 1. The lowest BCUT2D eigenvalue weighted by molar-refractivity contribution is -0.121. The predicted octanol–water partition coefficient (Wildman–Crippen LogP) is 8.21. The zero-order valence-corrected chi connectivity index (χ0v) is 39.5. The van der Waals surface area contributed by atoms with E-state index in [9.17, 15) is 19.2 Å². The fourth-order valence-corrected chi connectivity index (χ4v) is 8.86. The highest BCUT2D eigenvalue weighted by molar-refractivity contribution is 5.96. The monoisotopic (exact) mass is 944 g/mol. The number of hydrogen-bond acceptors (Lipinski definition) is 11. The van der Waals surface area contributed by atoms with Crippen LogP contribution in [0, 0.1) is 36.5 Å². The summed E-state index contributed by atoms with van der Waals surface area (Å²) in [5.74, 6) is 0.914. The van der Waals surface area contributed by atoms with Crippen LogP contribution in [-0.2, 0) is 17.6 Å². The van der Waals surface area contributed by atoms with Crippen LogP contribution in [0.5, 0.6) is 0 Å². The second-order valence-electron chi connectivity index (χ2n) is 17.7. The molecule has 15 nitrogen and oxygen atoms in total. The summed E-state index contributed by atoms with van der Waals surface area (Å²) in [4.78, 5) is 62.7. The highest BCUT2D eigenvalue weighted by atomic mass is 16.4. The SMILES string of the molecule is Cc1ccc(C(=O)N2CCC(c3ccc(C#N)cc3)CC2)cc1CC(=O)NNC(=O)c1ccncc1.Cc1ccc(C(=O)N2CCC(c3ccc(C#N)cc3)CC2)cc1Cc1nnc(-c2ccncc2)o1. The maximum Gasteiger partial charge on any atom is 0.269 e. The zero-order valence-electron chi connectivity index (χ0n) is 39.5. The first-order valence-electron chi connectivity index (χ1n) is 23.5. The van der Waals surface area contributed by atoms with E-state index in [4.69, 9.17) is 14.9 Å². The minimum atomic E-state index is -0.434. The van der Waals surface area contributed by atoms with Gasteiger partial charge in [-0.3, -0.25) is 40.0 Å². The third-order valence-corrected chi connectivity index (χ3v) is 13.1. The van der Waals surface area contributed by atoms with Crippen molar-refractivity contribution in [1.29, 1.82) is 10.5 Å². The Morgan fingerprint density at radius 3 is 1.58 bits per heavy atom. The molecule has 0 radical (unpaired) electrons. The summed E-state index contributed by atoms with van der Waals surface area (Å²) in [5, 5.41) is 26.3. The summed E-state index contributed by atoms with van der Waals surface area (Å²) >= 11 is 0. The summed E-state index contributed by atoms with van der Waals surface area (Å²) in [7, 11) is 0. The number of amides is 4. The average Bonchev–Trinajstić information content (AvgIpc) is 3.90. The van der Waals surface area contributed by atoms with Gasteiger partial charge in [0.1, 0.15) is 0 Å². The van der Waals surface area contributed by atoms with Gasteiger partial charge < -0.3 is 14.2 Å². The molecule has 0 saturated carbocycles. The van der Waals surface area contributed by atoms with E-state index < -0.39 is 5.91 Å². The molecule has 71 heavy (non-hydrogen) atoms. The van der Waals surface area contributed by atoms with E-state index in [1.807, 2.05) is 109 Å². The maximum absolute atomic E-state index is 13.3. The third kappa shape index (κ3) is 12.5. The minimum Gasteiger partial charge on any atom is -0.420 e. The molecular formula is C56H52N10O5. The molecule has 2 aliphatic rings. The number of piperidine rings is 2. The van der Waals surface area contributed by atoms with Gasteiger partial charge in [0.05, 0.1) is 36.1 Å². The Labute approximate surface area is 412 Å².